The van der Waals surface area contributed by atoms with E-state index in [2.05, 4.69) is 32.9 Å². The number of aromatic nitrogens is 2. The molecule has 2 aromatic carbocycles. The molecule has 3 aromatic rings. The molecular formula is C22H27FIN5O. The molecule has 6 nitrogen and oxygen atoms in total. The van der Waals surface area contributed by atoms with E-state index in [1.165, 1.54) is 11.6 Å². The highest BCUT2D eigenvalue weighted by Crippen LogP contribution is 2.16. The number of aliphatic hydroxyl groups is 1. The van der Waals surface area contributed by atoms with Crippen molar-refractivity contribution in [2.45, 2.75) is 19.4 Å². The van der Waals surface area contributed by atoms with Gasteiger partial charge in [-0.3, -0.25) is 4.99 Å². The molecule has 0 saturated heterocycles. The highest BCUT2D eigenvalue weighted by atomic mass is 127. The Balaban J connectivity index is 0.00000320. The van der Waals surface area contributed by atoms with Crippen molar-refractivity contribution in [1.29, 1.82) is 0 Å². The van der Waals surface area contributed by atoms with Gasteiger partial charge in [0.15, 0.2) is 5.96 Å². The first-order chi connectivity index (χ1) is 14.2. The van der Waals surface area contributed by atoms with Crippen molar-refractivity contribution in [2.24, 2.45) is 4.99 Å². The van der Waals surface area contributed by atoms with E-state index in [4.69, 9.17) is 0 Å². The van der Waals surface area contributed by atoms with Crippen LogP contribution in [-0.2, 0) is 6.42 Å². The van der Waals surface area contributed by atoms with E-state index < -0.39 is 11.9 Å². The molecule has 0 spiro atoms. The van der Waals surface area contributed by atoms with Crippen molar-refractivity contribution in [3.8, 4) is 5.69 Å². The lowest BCUT2D eigenvalue weighted by Gasteiger charge is -2.14. The van der Waals surface area contributed by atoms with Gasteiger partial charge in [-0.1, -0.05) is 30.3 Å². The van der Waals surface area contributed by atoms with Gasteiger partial charge in [0.05, 0.1) is 12.2 Å². The summed E-state index contributed by atoms with van der Waals surface area (Å²) in [5.41, 5.74) is 2.46. The second-order valence-corrected chi connectivity index (χ2v) is 6.55. The van der Waals surface area contributed by atoms with Gasteiger partial charge >= 0.3 is 0 Å². The van der Waals surface area contributed by atoms with E-state index in [1.807, 2.05) is 36.0 Å². The average Bonchev–Trinajstić information content (AvgIpc) is 3.27. The lowest BCUT2D eigenvalue weighted by molar-refractivity contribution is 0.182. The fraction of sp³-hybridized carbons (Fsp3) is 0.273. The molecule has 0 radical (unpaired) electrons. The maximum Gasteiger partial charge on any atom is 0.191 e. The van der Waals surface area contributed by atoms with Crippen molar-refractivity contribution in [2.75, 3.05) is 19.6 Å². The first-order valence-electron chi connectivity index (χ1n) is 9.71. The Bertz CT molecular complexity index is 916. The first-order valence-corrected chi connectivity index (χ1v) is 9.71. The van der Waals surface area contributed by atoms with Crippen LogP contribution in [0, 0.1) is 5.82 Å². The quantitative estimate of drug-likeness (QED) is 0.240. The minimum atomic E-state index is -0.985. The van der Waals surface area contributed by atoms with Crippen LogP contribution < -0.4 is 10.6 Å². The zero-order valence-corrected chi connectivity index (χ0v) is 19.2. The molecule has 1 heterocycles. The van der Waals surface area contributed by atoms with Crippen molar-refractivity contribution >= 4 is 29.9 Å². The highest BCUT2D eigenvalue weighted by Gasteiger charge is 2.11. The number of nitrogens with one attached hydrogen (secondary N) is 2. The van der Waals surface area contributed by atoms with E-state index >= 15 is 0 Å². The van der Waals surface area contributed by atoms with Crippen LogP contribution in [0.15, 0.2) is 72.0 Å². The Morgan fingerprint density at radius 2 is 1.90 bits per heavy atom. The average molecular weight is 523 g/mol. The van der Waals surface area contributed by atoms with E-state index in [-0.39, 0.29) is 36.1 Å². The Morgan fingerprint density at radius 3 is 2.57 bits per heavy atom. The van der Waals surface area contributed by atoms with E-state index in [1.54, 1.807) is 24.4 Å². The summed E-state index contributed by atoms with van der Waals surface area (Å²) in [6.45, 7) is 3.43. The molecular weight excluding hydrogens is 496 g/mol. The van der Waals surface area contributed by atoms with Gasteiger partial charge in [0.1, 0.15) is 11.9 Å². The molecule has 30 heavy (non-hydrogen) atoms. The molecule has 0 bridgehead atoms. The third kappa shape index (κ3) is 6.81. The number of aliphatic hydroxyl groups excluding tert-OH is 1. The van der Waals surface area contributed by atoms with Crippen molar-refractivity contribution in [3.05, 3.63) is 83.9 Å². The predicted octanol–water partition coefficient (Wildman–Crippen LogP) is 3.46. The Kier molecular flexibility index (Phi) is 9.75. The molecule has 1 aromatic heterocycles. The molecule has 160 valence electrons. The minimum absolute atomic E-state index is 0. The first kappa shape index (κ1) is 23.8. The van der Waals surface area contributed by atoms with Crippen LogP contribution in [0.25, 0.3) is 5.69 Å². The molecule has 8 heteroatoms. The molecule has 0 aliphatic carbocycles. The van der Waals surface area contributed by atoms with Gasteiger partial charge in [-0.2, -0.15) is 5.10 Å². The zero-order valence-electron chi connectivity index (χ0n) is 16.8. The molecule has 0 saturated carbocycles. The number of hydrogen-bond donors (Lipinski definition) is 3. The summed E-state index contributed by atoms with van der Waals surface area (Å²) >= 11 is 0. The fourth-order valence-corrected chi connectivity index (χ4v) is 2.93. The molecule has 1 unspecified atom stereocenters. The van der Waals surface area contributed by atoms with Gasteiger partial charge in [-0.15, -0.1) is 24.0 Å². The molecule has 0 aliphatic rings. The lowest BCUT2D eigenvalue weighted by Crippen LogP contribution is -2.38. The minimum Gasteiger partial charge on any atom is -0.386 e. The maximum atomic E-state index is 13.8. The van der Waals surface area contributed by atoms with Crippen LogP contribution in [0.5, 0.6) is 0 Å². The Morgan fingerprint density at radius 1 is 1.13 bits per heavy atom. The van der Waals surface area contributed by atoms with Gasteiger partial charge in [0.25, 0.3) is 0 Å². The van der Waals surface area contributed by atoms with Gasteiger partial charge in [-0.05, 0) is 43.2 Å². The number of guanidine groups is 1. The third-order valence-corrected chi connectivity index (χ3v) is 4.44. The van der Waals surface area contributed by atoms with Crippen LogP contribution in [0.4, 0.5) is 4.39 Å². The standard InChI is InChI=1S/C22H26FN5O.HI/c1-2-24-22(26-16-21(29)19-6-3-4-7-20(19)23)25-14-12-17-8-10-18(11-9-17)28-15-5-13-27-28;/h3-11,13,15,21,29H,2,12,14,16H2,1H3,(H2,24,25,26);1H. The molecule has 0 fully saturated rings. The summed E-state index contributed by atoms with van der Waals surface area (Å²) in [6.07, 6.45) is 3.50. The van der Waals surface area contributed by atoms with Crippen molar-refractivity contribution in [3.63, 3.8) is 0 Å². The highest BCUT2D eigenvalue weighted by molar-refractivity contribution is 14.0. The Hall–Kier alpha value is -2.46. The smallest absolute Gasteiger partial charge is 0.191 e. The van der Waals surface area contributed by atoms with Gasteiger partial charge in [0, 0.05) is 31.0 Å². The van der Waals surface area contributed by atoms with Crippen LogP contribution in [-0.4, -0.2) is 40.5 Å². The van der Waals surface area contributed by atoms with E-state index in [9.17, 15) is 9.50 Å². The second kappa shape index (κ2) is 12.3. The van der Waals surface area contributed by atoms with E-state index in [0.29, 0.717) is 19.0 Å². The largest absolute Gasteiger partial charge is 0.386 e. The molecule has 1 atom stereocenters. The van der Waals surface area contributed by atoms with Crippen LogP contribution >= 0.6 is 24.0 Å². The number of benzene rings is 2. The Labute approximate surface area is 193 Å². The topological polar surface area (TPSA) is 74.5 Å². The molecule has 3 rings (SSSR count). The monoisotopic (exact) mass is 523 g/mol. The summed E-state index contributed by atoms with van der Waals surface area (Å²) in [7, 11) is 0. The van der Waals surface area contributed by atoms with Gasteiger partial charge in [-0.25, -0.2) is 9.07 Å². The normalized spacial score (nSPS) is 12.2. The van der Waals surface area contributed by atoms with Gasteiger partial charge in [0.2, 0.25) is 0 Å². The summed E-state index contributed by atoms with van der Waals surface area (Å²) in [6, 6.07) is 16.3. The zero-order chi connectivity index (χ0) is 20.5. The number of halogens is 2. The predicted molar refractivity (Wildman–Crippen MR) is 128 cm³/mol. The molecule has 0 amide bonds. The van der Waals surface area contributed by atoms with Gasteiger partial charge < -0.3 is 15.7 Å². The summed E-state index contributed by atoms with van der Waals surface area (Å²) in [5.74, 6) is 0.169. The summed E-state index contributed by atoms with van der Waals surface area (Å²) < 4.78 is 15.6. The third-order valence-electron chi connectivity index (χ3n) is 4.44. The lowest BCUT2D eigenvalue weighted by atomic mass is 10.1. The summed E-state index contributed by atoms with van der Waals surface area (Å²) in [4.78, 5) is 4.38. The SMILES string of the molecule is CCNC(=NCC(O)c1ccccc1F)NCCc1ccc(-n2cccn2)cc1.I. The molecule has 3 N–H and O–H groups in total. The summed E-state index contributed by atoms with van der Waals surface area (Å²) in [5, 5.41) is 20.8. The number of nitrogens with zero attached hydrogens (tertiary/aromatic N) is 3. The number of aliphatic imine (C=N–C) groups is 1. The second-order valence-electron chi connectivity index (χ2n) is 6.55. The van der Waals surface area contributed by atoms with Crippen LogP contribution in [0.1, 0.15) is 24.2 Å². The van der Waals surface area contributed by atoms with Crippen molar-refractivity contribution < 1.29 is 9.50 Å². The van der Waals surface area contributed by atoms with Crippen LogP contribution in [0.3, 0.4) is 0 Å². The number of rotatable bonds is 8. The van der Waals surface area contributed by atoms with Crippen LogP contribution in [0.2, 0.25) is 0 Å². The van der Waals surface area contributed by atoms with E-state index in [0.717, 1.165) is 12.1 Å². The maximum absolute atomic E-state index is 13.8. The fourth-order valence-electron chi connectivity index (χ4n) is 2.93. The van der Waals surface area contributed by atoms with Crippen molar-refractivity contribution in [1.82, 2.24) is 20.4 Å². The molecule has 0 aliphatic heterocycles. The number of hydrogen-bond acceptors (Lipinski definition) is 3.